The molecule has 0 aliphatic heterocycles. The van der Waals surface area contributed by atoms with Crippen molar-refractivity contribution in [1.82, 2.24) is 9.09 Å². The third kappa shape index (κ3) is 4.83. The minimum absolute atomic E-state index is 0.0987. The van der Waals surface area contributed by atoms with Gasteiger partial charge in [0.1, 0.15) is 16.5 Å². The van der Waals surface area contributed by atoms with Crippen molar-refractivity contribution in [1.29, 1.82) is 0 Å². The van der Waals surface area contributed by atoms with E-state index in [1.165, 1.54) is 38.5 Å². The first kappa shape index (κ1) is 21.5. The summed E-state index contributed by atoms with van der Waals surface area (Å²) >= 11 is 0. The van der Waals surface area contributed by atoms with Gasteiger partial charge >= 0.3 is 0 Å². The van der Waals surface area contributed by atoms with Crippen LogP contribution in [0.25, 0.3) is 0 Å². The second kappa shape index (κ2) is 6.91. The highest BCUT2D eigenvalue weighted by Crippen LogP contribution is 2.59. The van der Waals surface area contributed by atoms with Crippen LogP contribution in [0.5, 0.6) is 0 Å². The summed E-state index contributed by atoms with van der Waals surface area (Å²) in [5.74, 6) is 2.94. The molecule has 3 nitrogen and oxygen atoms in total. The van der Waals surface area contributed by atoms with E-state index in [9.17, 15) is 0 Å². The molecule has 0 heterocycles. The monoisotopic (exact) mass is 414 g/mol. The molecule has 4 fully saturated rings. The molecular formula is C20H43N2OPSi2. The summed E-state index contributed by atoms with van der Waals surface area (Å²) < 4.78 is 9.74. The average Bonchev–Trinajstić information content (AvgIpc) is 2.29. The lowest BCUT2D eigenvalue weighted by Gasteiger charge is -2.59. The minimum Gasteiger partial charge on any atom is -0.327 e. The van der Waals surface area contributed by atoms with Crippen molar-refractivity contribution in [2.24, 2.45) is 17.8 Å². The lowest BCUT2D eigenvalue weighted by molar-refractivity contribution is -0.0108. The number of nitrogens with zero attached hydrogens (tertiary/aromatic N) is 1. The van der Waals surface area contributed by atoms with Crippen LogP contribution in [0, 0.1) is 17.8 Å². The molecule has 1 unspecified atom stereocenters. The fraction of sp³-hybridized carbons (Fsp3) is 1.00. The summed E-state index contributed by atoms with van der Waals surface area (Å²) in [7, 11) is -3.71. The summed E-state index contributed by atoms with van der Waals surface area (Å²) in [6.45, 7) is 21.7. The van der Waals surface area contributed by atoms with Crippen LogP contribution in [0.2, 0.25) is 39.3 Å². The molecule has 0 aromatic heterocycles. The van der Waals surface area contributed by atoms with Crippen LogP contribution < -0.4 is 5.09 Å². The van der Waals surface area contributed by atoms with Crippen LogP contribution in [0.1, 0.15) is 59.3 Å². The summed E-state index contributed by atoms with van der Waals surface area (Å²) in [6, 6.07) is 0. The Bertz CT molecular complexity index is 472. The maximum absolute atomic E-state index is 6.84. The molecule has 1 N–H and O–H groups in total. The van der Waals surface area contributed by atoms with Gasteiger partial charge in [0, 0.05) is 5.54 Å². The first-order valence-electron chi connectivity index (χ1n) is 10.7. The lowest BCUT2D eigenvalue weighted by atomic mass is 9.53. The first-order chi connectivity index (χ1) is 11.7. The molecule has 4 rings (SSSR count). The van der Waals surface area contributed by atoms with Crippen molar-refractivity contribution in [3.63, 3.8) is 0 Å². The number of hydrogen-bond donors (Lipinski definition) is 1. The Hall–Kier alpha value is 0.744. The Morgan fingerprint density at radius 1 is 0.846 bits per heavy atom. The summed E-state index contributed by atoms with van der Waals surface area (Å²) in [6.07, 6.45) is 8.71. The van der Waals surface area contributed by atoms with Crippen LogP contribution in [0.3, 0.4) is 0 Å². The molecule has 4 saturated carbocycles. The van der Waals surface area contributed by atoms with Crippen LogP contribution >= 0.6 is 8.45 Å². The van der Waals surface area contributed by atoms with E-state index in [1.807, 2.05) is 0 Å². The van der Waals surface area contributed by atoms with Crippen LogP contribution in [-0.4, -0.2) is 31.6 Å². The Morgan fingerprint density at radius 2 is 1.23 bits per heavy atom. The standard InChI is InChI=1S/C20H43N2OPSi2/c1-19(2,3)23-24(22(25(4,5)6)26(7,8)9)21-20-13-16-10-17(14-20)12-18(11-16)15-20/h16-18,21H,10-15H2,1-9H3. The van der Waals surface area contributed by atoms with E-state index in [4.69, 9.17) is 4.52 Å². The van der Waals surface area contributed by atoms with E-state index >= 15 is 0 Å². The summed E-state index contributed by atoms with van der Waals surface area (Å²) in [5.41, 5.74) is 0.266. The molecule has 0 aromatic rings. The predicted octanol–water partition coefficient (Wildman–Crippen LogP) is 6.56. The van der Waals surface area contributed by atoms with E-state index in [1.54, 1.807) is 0 Å². The van der Waals surface area contributed by atoms with E-state index in [0.29, 0.717) is 5.54 Å². The van der Waals surface area contributed by atoms with Gasteiger partial charge in [-0.25, -0.2) is 0 Å². The van der Waals surface area contributed by atoms with Gasteiger partial charge in [-0.3, -0.25) is 9.09 Å². The van der Waals surface area contributed by atoms with Gasteiger partial charge in [0.2, 0.25) is 0 Å². The topological polar surface area (TPSA) is 24.5 Å². The summed E-state index contributed by atoms with van der Waals surface area (Å²) in [4.78, 5) is 0. The molecule has 4 bridgehead atoms. The lowest BCUT2D eigenvalue weighted by Crippen LogP contribution is -2.62. The predicted molar refractivity (Wildman–Crippen MR) is 120 cm³/mol. The third-order valence-electron chi connectivity index (χ3n) is 6.18. The zero-order valence-electron chi connectivity index (χ0n) is 18.8. The fourth-order valence-electron chi connectivity index (χ4n) is 6.37. The second-order valence-electron chi connectivity index (χ2n) is 12.4. The largest absolute Gasteiger partial charge is 0.327 e. The molecule has 152 valence electrons. The average molecular weight is 415 g/mol. The first-order valence-corrected chi connectivity index (χ1v) is 18.8. The van der Waals surface area contributed by atoms with Gasteiger partial charge in [-0.2, -0.15) is 0 Å². The van der Waals surface area contributed by atoms with E-state index in [0.717, 1.165) is 17.8 Å². The van der Waals surface area contributed by atoms with Gasteiger partial charge in [0.05, 0.1) is 5.60 Å². The quantitative estimate of drug-likeness (QED) is 0.393. The number of hydrogen-bond acceptors (Lipinski definition) is 3. The Morgan fingerprint density at radius 3 is 1.54 bits per heavy atom. The molecule has 0 radical (unpaired) electrons. The fourth-order valence-corrected chi connectivity index (χ4v) is 20.8. The van der Waals surface area contributed by atoms with E-state index in [2.05, 4.69) is 69.1 Å². The Labute approximate surface area is 166 Å². The molecule has 1 atom stereocenters. The van der Waals surface area contributed by atoms with Crippen LogP contribution in [-0.2, 0) is 4.52 Å². The summed E-state index contributed by atoms with van der Waals surface area (Å²) in [5, 5.41) is 4.27. The molecule has 4 aliphatic carbocycles. The molecule has 6 heteroatoms. The van der Waals surface area contributed by atoms with Crippen LogP contribution in [0.4, 0.5) is 0 Å². The van der Waals surface area contributed by atoms with Gasteiger partial charge in [-0.05, 0) is 77.0 Å². The molecule has 0 saturated heterocycles. The van der Waals surface area contributed by atoms with Gasteiger partial charge < -0.3 is 4.52 Å². The third-order valence-corrected chi connectivity index (χ3v) is 19.2. The zero-order chi connectivity index (χ0) is 19.5. The van der Waals surface area contributed by atoms with Crippen molar-refractivity contribution < 1.29 is 4.52 Å². The van der Waals surface area contributed by atoms with E-state index < -0.39 is 24.9 Å². The van der Waals surface area contributed by atoms with Gasteiger partial charge in [-0.1, -0.05) is 39.3 Å². The zero-order valence-corrected chi connectivity index (χ0v) is 21.7. The maximum Gasteiger partial charge on any atom is 0.172 e. The van der Waals surface area contributed by atoms with Crippen molar-refractivity contribution >= 4 is 24.9 Å². The van der Waals surface area contributed by atoms with Crippen molar-refractivity contribution in [3.05, 3.63) is 0 Å². The number of rotatable bonds is 6. The van der Waals surface area contributed by atoms with Gasteiger partial charge in [0.25, 0.3) is 0 Å². The second-order valence-corrected chi connectivity index (χ2v) is 24.6. The van der Waals surface area contributed by atoms with Gasteiger partial charge in [0.15, 0.2) is 8.45 Å². The number of nitrogens with one attached hydrogen (secondary N) is 1. The van der Waals surface area contributed by atoms with Gasteiger partial charge in [-0.15, -0.1) is 0 Å². The van der Waals surface area contributed by atoms with Crippen molar-refractivity contribution in [2.45, 2.75) is 110 Å². The smallest absolute Gasteiger partial charge is 0.172 e. The molecule has 0 spiro atoms. The normalized spacial score (nSPS) is 36.0. The molecule has 0 amide bonds. The highest BCUT2D eigenvalue weighted by Gasteiger charge is 2.53. The SMILES string of the molecule is CC(C)(C)OP(NC12CC3CC(CC(C3)C1)C2)N([Si](C)(C)C)[Si](C)(C)C. The molecule has 4 aliphatic rings. The molecular weight excluding hydrogens is 371 g/mol. The van der Waals surface area contributed by atoms with Crippen molar-refractivity contribution in [3.8, 4) is 0 Å². The minimum atomic E-state index is -1.48. The van der Waals surface area contributed by atoms with Crippen molar-refractivity contribution in [2.75, 3.05) is 0 Å². The highest BCUT2D eigenvalue weighted by molar-refractivity contribution is 7.53. The Balaban J connectivity index is 1.89. The molecule has 26 heavy (non-hydrogen) atoms. The highest BCUT2D eigenvalue weighted by atomic mass is 31.2. The Kier molecular flexibility index (Phi) is 5.71. The van der Waals surface area contributed by atoms with Crippen LogP contribution in [0.15, 0.2) is 0 Å². The maximum atomic E-state index is 6.84. The van der Waals surface area contributed by atoms with E-state index in [-0.39, 0.29) is 5.60 Å². The molecule has 0 aromatic carbocycles.